The highest BCUT2D eigenvalue weighted by molar-refractivity contribution is 5.92. The Balaban J connectivity index is 1.55. The van der Waals surface area contributed by atoms with Crippen molar-refractivity contribution in [2.24, 2.45) is 5.10 Å². The highest BCUT2D eigenvalue weighted by Gasteiger charge is 2.19. The summed E-state index contributed by atoms with van der Waals surface area (Å²) in [5.74, 6) is 0.190. The number of hydrogen-bond acceptors (Lipinski definition) is 8. The molecule has 0 saturated heterocycles. The van der Waals surface area contributed by atoms with Crippen molar-refractivity contribution in [1.82, 2.24) is 0 Å². The van der Waals surface area contributed by atoms with E-state index >= 15 is 0 Å². The van der Waals surface area contributed by atoms with E-state index in [1.54, 1.807) is 30.3 Å². The van der Waals surface area contributed by atoms with Crippen molar-refractivity contribution in [3.63, 3.8) is 0 Å². The van der Waals surface area contributed by atoms with Crippen molar-refractivity contribution in [2.75, 3.05) is 17.3 Å². The predicted octanol–water partition coefficient (Wildman–Crippen LogP) is 4.27. The fourth-order valence-corrected chi connectivity index (χ4v) is 2.75. The van der Waals surface area contributed by atoms with Gasteiger partial charge in [-0.1, -0.05) is 18.2 Å². The zero-order chi connectivity index (χ0) is 23.8. The number of benzene rings is 3. The molecule has 0 unspecified atom stereocenters. The molecule has 0 aliphatic rings. The number of para-hydroxylation sites is 1. The third-order valence-corrected chi connectivity index (χ3v) is 4.46. The summed E-state index contributed by atoms with van der Waals surface area (Å²) in [6.07, 6.45) is 1.42. The second-order valence-corrected chi connectivity index (χ2v) is 6.81. The number of nitrogens with zero attached hydrogens (tertiary/aromatic N) is 3. The predicted molar refractivity (Wildman–Crippen MR) is 123 cm³/mol. The largest absolute Gasteiger partial charge is 0.484 e. The molecule has 33 heavy (non-hydrogen) atoms. The van der Waals surface area contributed by atoms with Gasteiger partial charge < -0.3 is 10.1 Å². The standard InChI is InChI=1S/C22H19N5O6/c1-15-4-2-3-5-19(15)24-22(28)14-33-18-9-6-16(7-10-18)13-23-25-20-11-8-17(26(29)30)12-21(20)27(31)32/h2-13,25H,14H2,1H3,(H,24,28)/b23-13+. The van der Waals surface area contributed by atoms with Gasteiger partial charge in [-0.3, -0.25) is 30.4 Å². The van der Waals surface area contributed by atoms with Gasteiger partial charge in [-0.15, -0.1) is 0 Å². The van der Waals surface area contributed by atoms with Gasteiger partial charge in [0.1, 0.15) is 11.4 Å². The number of rotatable bonds is 9. The van der Waals surface area contributed by atoms with E-state index < -0.39 is 15.5 Å². The van der Waals surface area contributed by atoms with E-state index in [4.69, 9.17) is 4.74 Å². The molecule has 0 spiro atoms. The summed E-state index contributed by atoms with van der Waals surface area (Å²) in [6, 6.07) is 17.3. The maximum absolute atomic E-state index is 12.1. The molecular formula is C22H19N5O6. The van der Waals surface area contributed by atoms with Crippen LogP contribution in [0.5, 0.6) is 5.75 Å². The van der Waals surface area contributed by atoms with E-state index in [2.05, 4.69) is 15.8 Å². The minimum absolute atomic E-state index is 0.0152. The number of ether oxygens (including phenoxy) is 1. The third-order valence-electron chi connectivity index (χ3n) is 4.46. The lowest BCUT2D eigenvalue weighted by atomic mass is 10.2. The molecule has 0 aliphatic carbocycles. The lowest BCUT2D eigenvalue weighted by Gasteiger charge is -2.09. The normalized spacial score (nSPS) is 10.6. The number of anilines is 2. The van der Waals surface area contributed by atoms with Crippen LogP contribution in [0.1, 0.15) is 11.1 Å². The second-order valence-electron chi connectivity index (χ2n) is 6.81. The fourth-order valence-electron chi connectivity index (χ4n) is 2.75. The Labute approximate surface area is 188 Å². The average Bonchev–Trinajstić information content (AvgIpc) is 2.80. The van der Waals surface area contributed by atoms with E-state index in [1.807, 2.05) is 25.1 Å². The van der Waals surface area contributed by atoms with Crippen LogP contribution in [-0.4, -0.2) is 28.6 Å². The second kappa shape index (κ2) is 10.5. The number of carbonyl (C=O) groups is 1. The Morgan fingerprint density at radius 1 is 1.00 bits per heavy atom. The van der Waals surface area contributed by atoms with Crippen molar-refractivity contribution in [3.05, 3.63) is 98.1 Å². The maximum atomic E-state index is 12.1. The van der Waals surface area contributed by atoms with Crippen molar-refractivity contribution in [2.45, 2.75) is 6.92 Å². The molecule has 0 aliphatic heterocycles. The topological polar surface area (TPSA) is 149 Å². The molecule has 3 aromatic carbocycles. The summed E-state index contributed by atoms with van der Waals surface area (Å²) in [5, 5.41) is 28.7. The van der Waals surface area contributed by atoms with Gasteiger partial charge >= 0.3 is 5.69 Å². The number of carbonyl (C=O) groups excluding carboxylic acids is 1. The van der Waals surface area contributed by atoms with Crippen LogP contribution in [-0.2, 0) is 4.79 Å². The lowest BCUT2D eigenvalue weighted by molar-refractivity contribution is -0.393. The molecule has 3 aromatic rings. The van der Waals surface area contributed by atoms with Crippen molar-refractivity contribution < 1.29 is 19.4 Å². The number of aryl methyl sites for hydroxylation is 1. The van der Waals surface area contributed by atoms with Crippen LogP contribution in [0.3, 0.4) is 0 Å². The van der Waals surface area contributed by atoms with Crippen LogP contribution in [0.4, 0.5) is 22.7 Å². The monoisotopic (exact) mass is 449 g/mol. The Hall–Kier alpha value is -4.80. The zero-order valence-corrected chi connectivity index (χ0v) is 17.4. The van der Waals surface area contributed by atoms with Gasteiger partial charge in [0.25, 0.3) is 11.6 Å². The van der Waals surface area contributed by atoms with E-state index in [0.29, 0.717) is 11.3 Å². The molecule has 11 nitrogen and oxygen atoms in total. The molecule has 0 aromatic heterocycles. The van der Waals surface area contributed by atoms with Gasteiger partial charge in [0.2, 0.25) is 0 Å². The Morgan fingerprint density at radius 2 is 1.73 bits per heavy atom. The first-order valence-corrected chi connectivity index (χ1v) is 9.64. The molecule has 168 valence electrons. The van der Waals surface area contributed by atoms with Crippen LogP contribution >= 0.6 is 0 Å². The molecule has 3 rings (SSSR count). The number of nitrogens with one attached hydrogen (secondary N) is 2. The van der Waals surface area contributed by atoms with Crippen LogP contribution < -0.4 is 15.5 Å². The first kappa shape index (κ1) is 22.9. The van der Waals surface area contributed by atoms with Gasteiger partial charge in [0.15, 0.2) is 6.61 Å². The Morgan fingerprint density at radius 3 is 2.39 bits per heavy atom. The molecule has 0 saturated carbocycles. The van der Waals surface area contributed by atoms with Gasteiger partial charge in [-0.25, -0.2) is 0 Å². The molecule has 0 fully saturated rings. The highest BCUT2D eigenvalue weighted by atomic mass is 16.6. The smallest absolute Gasteiger partial charge is 0.301 e. The number of non-ortho nitro benzene ring substituents is 1. The number of hydrogen-bond donors (Lipinski definition) is 2. The minimum atomic E-state index is -0.730. The van der Waals surface area contributed by atoms with Gasteiger partial charge in [-0.05, 0) is 54.4 Å². The Kier molecular flexibility index (Phi) is 7.27. The van der Waals surface area contributed by atoms with Crippen molar-refractivity contribution >= 4 is 34.9 Å². The summed E-state index contributed by atoms with van der Waals surface area (Å²) in [6.45, 7) is 1.73. The summed E-state index contributed by atoms with van der Waals surface area (Å²) in [4.78, 5) is 32.6. The maximum Gasteiger partial charge on any atom is 0.301 e. The summed E-state index contributed by atoms with van der Waals surface area (Å²) in [5.41, 5.74) is 4.00. The molecule has 2 N–H and O–H groups in total. The molecule has 1 amide bonds. The zero-order valence-electron chi connectivity index (χ0n) is 17.4. The molecule has 0 heterocycles. The van der Waals surface area contributed by atoms with Crippen molar-refractivity contribution in [1.29, 1.82) is 0 Å². The molecule has 0 radical (unpaired) electrons. The van der Waals surface area contributed by atoms with E-state index in [0.717, 1.165) is 23.4 Å². The minimum Gasteiger partial charge on any atom is -0.484 e. The van der Waals surface area contributed by atoms with Gasteiger partial charge in [0.05, 0.1) is 22.1 Å². The fraction of sp³-hybridized carbons (Fsp3) is 0.0909. The lowest BCUT2D eigenvalue weighted by Crippen LogP contribution is -2.20. The number of hydrazone groups is 1. The average molecular weight is 449 g/mol. The third kappa shape index (κ3) is 6.34. The van der Waals surface area contributed by atoms with Crippen LogP contribution in [0.15, 0.2) is 71.8 Å². The Bertz CT molecular complexity index is 1210. The number of amides is 1. The summed E-state index contributed by atoms with van der Waals surface area (Å²) < 4.78 is 5.48. The number of nitro benzene ring substituents is 2. The van der Waals surface area contributed by atoms with E-state index in [-0.39, 0.29) is 23.9 Å². The van der Waals surface area contributed by atoms with E-state index in [1.165, 1.54) is 12.3 Å². The quantitative estimate of drug-likeness (QED) is 0.281. The molecule has 0 atom stereocenters. The van der Waals surface area contributed by atoms with Crippen LogP contribution in [0, 0.1) is 27.2 Å². The molecular weight excluding hydrogens is 430 g/mol. The highest BCUT2D eigenvalue weighted by Crippen LogP contribution is 2.28. The van der Waals surface area contributed by atoms with Gasteiger partial charge in [-0.2, -0.15) is 5.10 Å². The first-order valence-electron chi connectivity index (χ1n) is 9.64. The van der Waals surface area contributed by atoms with Crippen LogP contribution in [0.2, 0.25) is 0 Å². The molecule has 11 heteroatoms. The summed E-state index contributed by atoms with van der Waals surface area (Å²) >= 11 is 0. The molecule has 0 bridgehead atoms. The van der Waals surface area contributed by atoms with Crippen molar-refractivity contribution in [3.8, 4) is 5.75 Å². The summed E-state index contributed by atoms with van der Waals surface area (Å²) in [7, 11) is 0. The SMILES string of the molecule is Cc1ccccc1NC(=O)COc1ccc(/C=N/Nc2ccc([N+](=O)[O-])cc2[N+](=O)[O-])cc1. The first-order chi connectivity index (χ1) is 15.8. The van der Waals surface area contributed by atoms with E-state index in [9.17, 15) is 25.0 Å². The van der Waals surface area contributed by atoms with Crippen LogP contribution in [0.25, 0.3) is 0 Å². The number of nitro groups is 2. The van der Waals surface area contributed by atoms with Gasteiger partial charge in [0, 0.05) is 11.8 Å².